The maximum atomic E-state index is 5.58. The van der Waals surface area contributed by atoms with Crippen molar-refractivity contribution in [1.29, 1.82) is 0 Å². The Morgan fingerprint density at radius 3 is 2.53 bits per heavy atom. The molecule has 0 unspecified atom stereocenters. The summed E-state index contributed by atoms with van der Waals surface area (Å²) in [4.78, 5) is 4.41. The van der Waals surface area contributed by atoms with Gasteiger partial charge in [-0.15, -0.1) is 0 Å². The molecule has 0 amide bonds. The highest BCUT2D eigenvalue weighted by Gasteiger charge is 2.03. The van der Waals surface area contributed by atoms with Crippen LogP contribution in [0, 0.1) is 0 Å². The summed E-state index contributed by atoms with van der Waals surface area (Å²) in [5.74, 6) is 0. The maximum Gasteiger partial charge on any atom is 0.0734 e. The second kappa shape index (κ2) is 4.71. The van der Waals surface area contributed by atoms with Crippen LogP contribution in [0.3, 0.4) is 0 Å². The topological polar surface area (TPSA) is 38.9 Å². The van der Waals surface area contributed by atoms with Crippen LogP contribution in [0.2, 0.25) is 0 Å². The molecule has 76 valence electrons. The van der Waals surface area contributed by atoms with Crippen molar-refractivity contribution in [2.45, 2.75) is 6.42 Å². The summed E-state index contributed by atoms with van der Waals surface area (Å²) in [5.41, 5.74) is 8.99. The summed E-state index contributed by atoms with van der Waals surface area (Å²) in [6.07, 6.45) is 2.69. The molecule has 0 radical (unpaired) electrons. The first kappa shape index (κ1) is 9.87. The van der Waals surface area contributed by atoms with Crippen molar-refractivity contribution in [3.05, 3.63) is 54.2 Å². The van der Waals surface area contributed by atoms with Crippen molar-refractivity contribution in [2.75, 3.05) is 6.54 Å². The third-order valence-corrected chi connectivity index (χ3v) is 2.35. The predicted molar refractivity (Wildman–Crippen MR) is 62.4 cm³/mol. The van der Waals surface area contributed by atoms with Gasteiger partial charge in [-0.05, 0) is 24.6 Å². The van der Waals surface area contributed by atoms with E-state index in [0.29, 0.717) is 6.54 Å². The van der Waals surface area contributed by atoms with Crippen LogP contribution in [0.4, 0.5) is 0 Å². The summed E-state index contributed by atoms with van der Waals surface area (Å²) in [6, 6.07) is 14.2. The highest BCUT2D eigenvalue weighted by atomic mass is 14.7. The van der Waals surface area contributed by atoms with E-state index in [1.54, 1.807) is 0 Å². The fourth-order valence-electron chi connectivity index (χ4n) is 1.65. The van der Waals surface area contributed by atoms with Gasteiger partial charge in [0.15, 0.2) is 0 Å². The molecule has 0 spiro atoms. The van der Waals surface area contributed by atoms with E-state index in [-0.39, 0.29) is 0 Å². The molecular formula is C13H14N2. The van der Waals surface area contributed by atoms with E-state index in [1.165, 1.54) is 5.56 Å². The van der Waals surface area contributed by atoms with Crippen molar-refractivity contribution >= 4 is 0 Å². The molecule has 2 nitrogen and oxygen atoms in total. The number of rotatable bonds is 3. The van der Waals surface area contributed by atoms with Gasteiger partial charge in [0.2, 0.25) is 0 Å². The maximum absolute atomic E-state index is 5.58. The number of aromatic nitrogens is 1. The standard InChI is InChI=1S/C13H14N2/c14-9-8-12-7-4-10-15-13(12)11-5-2-1-3-6-11/h1-7,10H,8-9,14H2. The number of hydrogen-bond acceptors (Lipinski definition) is 2. The first-order chi connectivity index (χ1) is 7.42. The molecule has 0 saturated heterocycles. The van der Waals surface area contributed by atoms with Crippen molar-refractivity contribution in [3.8, 4) is 11.3 Å². The van der Waals surface area contributed by atoms with Gasteiger partial charge in [-0.1, -0.05) is 36.4 Å². The summed E-state index contributed by atoms with van der Waals surface area (Å²) in [7, 11) is 0. The minimum Gasteiger partial charge on any atom is -0.330 e. The van der Waals surface area contributed by atoms with E-state index in [1.807, 2.05) is 30.5 Å². The molecule has 0 atom stereocenters. The highest BCUT2D eigenvalue weighted by Crippen LogP contribution is 2.20. The zero-order valence-corrected chi connectivity index (χ0v) is 8.56. The van der Waals surface area contributed by atoms with Crippen LogP contribution in [-0.4, -0.2) is 11.5 Å². The van der Waals surface area contributed by atoms with Gasteiger partial charge < -0.3 is 5.73 Å². The molecule has 2 rings (SSSR count). The lowest BCUT2D eigenvalue weighted by Crippen LogP contribution is -2.04. The van der Waals surface area contributed by atoms with Gasteiger partial charge in [0.25, 0.3) is 0 Å². The van der Waals surface area contributed by atoms with E-state index in [4.69, 9.17) is 5.73 Å². The molecule has 1 heterocycles. The van der Waals surface area contributed by atoms with Gasteiger partial charge in [0.1, 0.15) is 0 Å². The smallest absolute Gasteiger partial charge is 0.0734 e. The Balaban J connectivity index is 2.43. The Kier molecular flexibility index (Phi) is 3.10. The minimum atomic E-state index is 0.658. The quantitative estimate of drug-likeness (QED) is 0.821. The SMILES string of the molecule is NCCc1cccnc1-c1ccccc1. The van der Waals surface area contributed by atoms with E-state index >= 15 is 0 Å². The van der Waals surface area contributed by atoms with E-state index in [2.05, 4.69) is 23.2 Å². The molecule has 0 aliphatic rings. The van der Waals surface area contributed by atoms with E-state index in [0.717, 1.165) is 17.7 Å². The summed E-state index contributed by atoms with van der Waals surface area (Å²) in [5, 5.41) is 0. The molecule has 0 aliphatic carbocycles. The van der Waals surface area contributed by atoms with Crippen molar-refractivity contribution in [2.24, 2.45) is 5.73 Å². The van der Waals surface area contributed by atoms with Crippen LogP contribution in [0.25, 0.3) is 11.3 Å². The number of pyridine rings is 1. The fraction of sp³-hybridized carbons (Fsp3) is 0.154. The zero-order valence-electron chi connectivity index (χ0n) is 8.56. The average molecular weight is 198 g/mol. The van der Waals surface area contributed by atoms with Crippen LogP contribution < -0.4 is 5.73 Å². The molecule has 0 saturated carbocycles. The molecule has 2 aromatic rings. The number of nitrogens with two attached hydrogens (primary N) is 1. The Morgan fingerprint density at radius 2 is 1.80 bits per heavy atom. The van der Waals surface area contributed by atoms with Gasteiger partial charge in [-0.2, -0.15) is 0 Å². The number of nitrogens with zero attached hydrogens (tertiary/aromatic N) is 1. The molecule has 2 heteroatoms. The first-order valence-corrected chi connectivity index (χ1v) is 5.11. The lowest BCUT2D eigenvalue weighted by atomic mass is 10.0. The third-order valence-electron chi connectivity index (χ3n) is 2.35. The summed E-state index contributed by atoms with van der Waals surface area (Å²) in [6.45, 7) is 0.658. The van der Waals surface area contributed by atoms with Gasteiger partial charge in [0, 0.05) is 11.8 Å². The van der Waals surface area contributed by atoms with Gasteiger partial charge in [-0.25, -0.2) is 0 Å². The van der Waals surface area contributed by atoms with Gasteiger partial charge in [0.05, 0.1) is 5.69 Å². The van der Waals surface area contributed by atoms with Gasteiger partial charge in [-0.3, -0.25) is 4.98 Å². The fourth-order valence-corrected chi connectivity index (χ4v) is 1.65. The summed E-state index contributed by atoms with van der Waals surface area (Å²) >= 11 is 0. The average Bonchev–Trinajstić information content (AvgIpc) is 2.31. The number of benzene rings is 1. The van der Waals surface area contributed by atoms with E-state index in [9.17, 15) is 0 Å². The Labute approximate surface area is 89.8 Å². The van der Waals surface area contributed by atoms with Crippen LogP contribution in [-0.2, 0) is 6.42 Å². The summed E-state index contributed by atoms with van der Waals surface area (Å²) < 4.78 is 0. The second-order valence-corrected chi connectivity index (χ2v) is 3.42. The van der Waals surface area contributed by atoms with Crippen LogP contribution in [0.15, 0.2) is 48.7 Å². The van der Waals surface area contributed by atoms with Crippen LogP contribution in [0.5, 0.6) is 0 Å². The number of hydrogen-bond donors (Lipinski definition) is 1. The monoisotopic (exact) mass is 198 g/mol. The van der Waals surface area contributed by atoms with Crippen molar-refractivity contribution in [1.82, 2.24) is 4.98 Å². The Morgan fingerprint density at radius 1 is 1.00 bits per heavy atom. The van der Waals surface area contributed by atoms with Crippen LogP contribution in [0.1, 0.15) is 5.56 Å². The molecule has 1 aromatic carbocycles. The molecule has 15 heavy (non-hydrogen) atoms. The van der Waals surface area contributed by atoms with Crippen LogP contribution >= 0.6 is 0 Å². The molecular weight excluding hydrogens is 184 g/mol. The molecule has 0 aliphatic heterocycles. The van der Waals surface area contributed by atoms with Crippen molar-refractivity contribution < 1.29 is 0 Å². The van der Waals surface area contributed by atoms with Crippen molar-refractivity contribution in [3.63, 3.8) is 0 Å². The normalized spacial score (nSPS) is 10.2. The predicted octanol–water partition coefficient (Wildman–Crippen LogP) is 2.25. The molecule has 0 bridgehead atoms. The van der Waals surface area contributed by atoms with E-state index < -0.39 is 0 Å². The molecule has 1 aromatic heterocycles. The molecule has 0 fully saturated rings. The highest BCUT2D eigenvalue weighted by molar-refractivity contribution is 5.62. The second-order valence-electron chi connectivity index (χ2n) is 3.42. The minimum absolute atomic E-state index is 0.658. The first-order valence-electron chi connectivity index (χ1n) is 5.11. The Bertz CT molecular complexity index is 424. The lowest BCUT2D eigenvalue weighted by Gasteiger charge is -2.06. The lowest BCUT2D eigenvalue weighted by molar-refractivity contribution is 0.961. The Hall–Kier alpha value is -1.67. The molecule has 2 N–H and O–H groups in total. The third kappa shape index (κ3) is 2.22. The largest absolute Gasteiger partial charge is 0.330 e. The zero-order chi connectivity index (χ0) is 10.5. The van der Waals surface area contributed by atoms with Gasteiger partial charge >= 0.3 is 0 Å².